The number of likely N-dealkylation sites (N-methyl/N-ethyl adjacent to an activating group) is 1. The highest BCUT2D eigenvalue weighted by molar-refractivity contribution is 5.81. The van der Waals surface area contributed by atoms with Crippen LogP contribution in [0.5, 0.6) is 0 Å². The number of guanidine groups is 1. The molecule has 1 spiro atoms. The van der Waals surface area contributed by atoms with Gasteiger partial charge in [-0.3, -0.25) is 4.99 Å². The highest BCUT2D eigenvalue weighted by Crippen LogP contribution is 2.39. The summed E-state index contributed by atoms with van der Waals surface area (Å²) >= 11 is 0. The Hall–Kier alpha value is -0.770. The lowest BCUT2D eigenvalue weighted by Gasteiger charge is -2.39. The molecule has 1 saturated carbocycles. The van der Waals surface area contributed by atoms with E-state index in [0.717, 1.165) is 37.4 Å². The van der Waals surface area contributed by atoms with Crippen molar-refractivity contribution in [1.29, 1.82) is 0 Å². The van der Waals surface area contributed by atoms with Gasteiger partial charge in [0.2, 0.25) is 0 Å². The molecule has 4 heteroatoms. The molecule has 4 nitrogen and oxygen atoms in total. The molecule has 1 aliphatic carbocycles. The molecule has 0 bridgehead atoms. The van der Waals surface area contributed by atoms with Crippen LogP contribution in [0, 0.1) is 11.8 Å². The van der Waals surface area contributed by atoms with Crippen LogP contribution in [0.4, 0.5) is 0 Å². The fraction of sp³-hybridized carbons (Fsp3) is 0.938. The number of aliphatic imine (C=N–C) groups is 1. The minimum atomic E-state index is 0.226. The van der Waals surface area contributed by atoms with Crippen LogP contribution in [0.15, 0.2) is 4.99 Å². The lowest BCUT2D eigenvalue weighted by atomic mass is 9.86. The molecule has 2 rings (SSSR count). The van der Waals surface area contributed by atoms with Gasteiger partial charge in [-0.15, -0.1) is 0 Å². The first-order valence-electron chi connectivity index (χ1n) is 8.17. The van der Waals surface area contributed by atoms with Gasteiger partial charge in [0.05, 0.1) is 12.1 Å². The fourth-order valence-corrected chi connectivity index (χ4v) is 3.80. The van der Waals surface area contributed by atoms with Gasteiger partial charge >= 0.3 is 0 Å². The Morgan fingerprint density at radius 1 is 1.35 bits per heavy atom. The van der Waals surface area contributed by atoms with Gasteiger partial charge in [0.15, 0.2) is 5.96 Å². The van der Waals surface area contributed by atoms with Gasteiger partial charge in [-0.2, -0.15) is 0 Å². The summed E-state index contributed by atoms with van der Waals surface area (Å²) in [5, 5.41) is 0. The standard InChI is InChI=1S/C16H32N4/c1-13(2)14-6-5-8-16(9-7-14)12-18-15(17)20(16)11-10-19(3)4/h13-14H,5-12H2,1-4H3,(H2,17,18). The van der Waals surface area contributed by atoms with Crippen molar-refractivity contribution in [3.8, 4) is 0 Å². The second kappa shape index (κ2) is 6.33. The van der Waals surface area contributed by atoms with Crippen LogP contribution < -0.4 is 5.73 Å². The molecule has 2 unspecified atom stereocenters. The summed E-state index contributed by atoms with van der Waals surface area (Å²) < 4.78 is 0. The van der Waals surface area contributed by atoms with Crippen LogP contribution in [-0.4, -0.2) is 55.0 Å². The number of nitrogens with zero attached hydrogens (tertiary/aromatic N) is 3. The zero-order valence-electron chi connectivity index (χ0n) is 13.7. The van der Waals surface area contributed by atoms with E-state index >= 15 is 0 Å². The van der Waals surface area contributed by atoms with Crippen LogP contribution >= 0.6 is 0 Å². The van der Waals surface area contributed by atoms with Crippen LogP contribution in [0.1, 0.15) is 46.0 Å². The van der Waals surface area contributed by atoms with Crippen LogP contribution in [-0.2, 0) is 0 Å². The summed E-state index contributed by atoms with van der Waals surface area (Å²) in [6, 6.07) is 0. The molecule has 20 heavy (non-hydrogen) atoms. The highest BCUT2D eigenvalue weighted by atomic mass is 15.4. The van der Waals surface area contributed by atoms with Gasteiger partial charge in [-0.25, -0.2) is 0 Å². The molecule has 0 aromatic carbocycles. The van der Waals surface area contributed by atoms with Crippen molar-refractivity contribution in [3.63, 3.8) is 0 Å². The Morgan fingerprint density at radius 2 is 2.10 bits per heavy atom. The SMILES string of the molecule is CC(C)C1CCCC2(CC1)CN=C(N)N2CCN(C)C. The molecule has 0 amide bonds. The summed E-state index contributed by atoms with van der Waals surface area (Å²) in [5.74, 6) is 2.46. The quantitative estimate of drug-likeness (QED) is 0.858. The molecule has 1 heterocycles. The average molecular weight is 280 g/mol. The van der Waals surface area contributed by atoms with Gasteiger partial charge in [-0.05, 0) is 45.2 Å². The second-order valence-electron chi connectivity index (χ2n) is 7.29. The van der Waals surface area contributed by atoms with E-state index in [9.17, 15) is 0 Å². The third-order valence-corrected chi connectivity index (χ3v) is 5.30. The monoisotopic (exact) mass is 280 g/mol. The fourth-order valence-electron chi connectivity index (χ4n) is 3.80. The third-order valence-electron chi connectivity index (χ3n) is 5.30. The first-order chi connectivity index (χ1) is 9.44. The molecule has 2 atom stereocenters. The second-order valence-corrected chi connectivity index (χ2v) is 7.29. The summed E-state index contributed by atoms with van der Waals surface area (Å²) in [5.41, 5.74) is 6.40. The molecular weight excluding hydrogens is 248 g/mol. The van der Waals surface area contributed by atoms with Crippen LogP contribution in [0.3, 0.4) is 0 Å². The largest absolute Gasteiger partial charge is 0.370 e. The van der Waals surface area contributed by atoms with Gasteiger partial charge in [-0.1, -0.05) is 26.7 Å². The Morgan fingerprint density at radius 3 is 2.75 bits per heavy atom. The Bertz CT molecular complexity index is 350. The van der Waals surface area contributed by atoms with E-state index in [0.29, 0.717) is 0 Å². The first kappa shape index (κ1) is 15.6. The minimum absolute atomic E-state index is 0.226. The summed E-state index contributed by atoms with van der Waals surface area (Å²) in [7, 11) is 4.25. The van der Waals surface area contributed by atoms with Crippen molar-refractivity contribution in [2.45, 2.75) is 51.5 Å². The predicted octanol–water partition coefficient (Wildman–Crippen LogP) is 2.15. The van der Waals surface area contributed by atoms with Crippen molar-refractivity contribution < 1.29 is 0 Å². The maximum Gasteiger partial charge on any atom is 0.191 e. The van der Waals surface area contributed by atoms with E-state index in [4.69, 9.17) is 5.73 Å². The van der Waals surface area contributed by atoms with Crippen LogP contribution in [0.25, 0.3) is 0 Å². The molecule has 2 aliphatic rings. The maximum atomic E-state index is 6.17. The van der Waals surface area contributed by atoms with Crippen LogP contribution in [0.2, 0.25) is 0 Å². The molecule has 2 N–H and O–H groups in total. The molecule has 1 aliphatic heterocycles. The smallest absolute Gasteiger partial charge is 0.191 e. The minimum Gasteiger partial charge on any atom is -0.370 e. The maximum absolute atomic E-state index is 6.17. The van der Waals surface area contributed by atoms with Gasteiger partial charge < -0.3 is 15.5 Å². The van der Waals surface area contributed by atoms with Gasteiger partial charge in [0.25, 0.3) is 0 Å². The van der Waals surface area contributed by atoms with Crippen molar-refractivity contribution in [2.24, 2.45) is 22.6 Å². The Balaban J connectivity index is 2.04. The van der Waals surface area contributed by atoms with Crippen molar-refractivity contribution >= 4 is 5.96 Å². The summed E-state index contributed by atoms with van der Waals surface area (Å²) in [6.07, 6.45) is 6.55. The van der Waals surface area contributed by atoms with E-state index in [-0.39, 0.29) is 5.54 Å². The van der Waals surface area contributed by atoms with Gasteiger partial charge in [0, 0.05) is 13.1 Å². The van der Waals surface area contributed by atoms with E-state index in [1.165, 1.54) is 32.1 Å². The third kappa shape index (κ3) is 3.27. The predicted molar refractivity (Wildman–Crippen MR) is 85.9 cm³/mol. The van der Waals surface area contributed by atoms with E-state index in [1.54, 1.807) is 0 Å². The average Bonchev–Trinajstić information content (AvgIpc) is 2.57. The zero-order valence-corrected chi connectivity index (χ0v) is 13.7. The molecule has 0 radical (unpaired) electrons. The zero-order chi connectivity index (χ0) is 14.8. The number of hydrogen-bond donors (Lipinski definition) is 1. The van der Waals surface area contributed by atoms with E-state index in [1.807, 2.05) is 0 Å². The summed E-state index contributed by atoms with van der Waals surface area (Å²) in [6.45, 7) is 7.70. The molecular formula is C16H32N4. The molecule has 0 aromatic rings. The Labute approximate surface area is 124 Å². The lowest BCUT2D eigenvalue weighted by molar-refractivity contribution is 0.160. The number of hydrogen-bond acceptors (Lipinski definition) is 4. The molecule has 0 aromatic heterocycles. The lowest BCUT2D eigenvalue weighted by Crippen LogP contribution is -2.53. The van der Waals surface area contributed by atoms with E-state index in [2.05, 4.69) is 42.7 Å². The Kier molecular flexibility index (Phi) is 4.95. The van der Waals surface area contributed by atoms with E-state index < -0.39 is 0 Å². The molecule has 116 valence electrons. The van der Waals surface area contributed by atoms with Gasteiger partial charge in [0.1, 0.15) is 0 Å². The normalized spacial score (nSPS) is 31.2. The molecule has 1 fully saturated rings. The first-order valence-corrected chi connectivity index (χ1v) is 8.17. The van der Waals surface area contributed by atoms with Crippen molar-refractivity contribution in [1.82, 2.24) is 9.80 Å². The molecule has 0 saturated heterocycles. The van der Waals surface area contributed by atoms with Crippen molar-refractivity contribution in [2.75, 3.05) is 33.7 Å². The van der Waals surface area contributed by atoms with Crippen molar-refractivity contribution in [3.05, 3.63) is 0 Å². The number of rotatable bonds is 4. The summed E-state index contributed by atoms with van der Waals surface area (Å²) in [4.78, 5) is 9.23. The number of nitrogens with two attached hydrogens (primary N) is 1. The topological polar surface area (TPSA) is 44.9 Å². The highest BCUT2D eigenvalue weighted by Gasteiger charge is 2.43.